The van der Waals surface area contributed by atoms with E-state index < -0.39 is 11.9 Å². The zero-order valence-corrected chi connectivity index (χ0v) is 18.6. The number of nitrogens with zero attached hydrogens (tertiary/aromatic N) is 4. The van der Waals surface area contributed by atoms with Crippen LogP contribution in [0.1, 0.15) is 50.6 Å². The number of nitrogens with one attached hydrogen (secondary N) is 1. The molecule has 2 unspecified atom stereocenters. The Kier molecular flexibility index (Phi) is 6.48. The third-order valence-electron chi connectivity index (χ3n) is 6.30. The van der Waals surface area contributed by atoms with Crippen LogP contribution in [0.15, 0.2) is 17.1 Å². The van der Waals surface area contributed by atoms with Crippen LogP contribution >= 0.6 is 11.9 Å². The Balaban J connectivity index is 1.50. The van der Waals surface area contributed by atoms with Crippen molar-refractivity contribution in [3.63, 3.8) is 0 Å². The first kappa shape index (κ1) is 22.4. The molecule has 4 rings (SSSR count). The normalized spacial score (nSPS) is 23.5. The molecule has 31 heavy (non-hydrogen) atoms. The van der Waals surface area contributed by atoms with Crippen LogP contribution < -0.4 is 10.9 Å². The molecule has 2 aliphatic rings. The van der Waals surface area contributed by atoms with Gasteiger partial charge in [-0.15, -0.1) is 0 Å². The van der Waals surface area contributed by atoms with Gasteiger partial charge in [-0.2, -0.15) is 18.2 Å². The Morgan fingerprint density at radius 3 is 2.61 bits per heavy atom. The van der Waals surface area contributed by atoms with Gasteiger partial charge in [0.15, 0.2) is 0 Å². The lowest BCUT2D eigenvalue weighted by Gasteiger charge is -2.31. The van der Waals surface area contributed by atoms with Crippen LogP contribution in [-0.2, 0) is 0 Å². The molecule has 0 spiro atoms. The molecule has 170 valence electrons. The predicted molar refractivity (Wildman–Crippen MR) is 117 cm³/mol. The lowest BCUT2D eigenvalue weighted by atomic mass is 10.1. The van der Waals surface area contributed by atoms with E-state index in [4.69, 9.17) is 4.98 Å². The maximum Gasteiger partial charge on any atom is 0.399 e. The number of aryl methyl sites for hydroxylation is 1. The summed E-state index contributed by atoms with van der Waals surface area (Å²) < 4.78 is 40.9. The summed E-state index contributed by atoms with van der Waals surface area (Å²) >= 11 is 0.845. The van der Waals surface area contributed by atoms with Crippen molar-refractivity contribution in [2.24, 2.45) is 5.92 Å². The first-order valence-corrected chi connectivity index (χ1v) is 11.8. The first-order chi connectivity index (χ1) is 14.7. The third kappa shape index (κ3) is 5.16. The van der Waals surface area contributed by atoms with Gasteiger partial charge in [0.25, 0.3) is 5.56 Å². The van der Waals surface area contributed by atoms with E-state index in [-0.39, 0.29) is 17.6 Å². The van der Waals surface area contributed by atoms with Crippen molar-refractivity contribution < 1.29 is 13.2 Å². The van der Waals surface area contributed by atoms with Crippen LogP contribution in [0.4, 0.5) is 19.1 Å². The second-order valence-corrected chi connectivity index (χ2v) is 9.75. The van der Waals surface area contributed by atoms with Crippen LogP contribution in [0.5, 0.6) is 0 Å². The highest BCUT2D eigenvalue weighted by molar-refractivity contribution is 7.97. The molecule has 1 saturated carbocycles. The number of pyridine rings is 1. The summed E-state index contributed by atoms with van der Waals surface area (Å²) in [5.41, 5.74) is 1.36. The second kappa shape index (κ2) is 8.97. The fraction of sp³-hybridized carbons (Fsp3) is 0.667. The van der Waals surface area contributed by atoms with Gasteiger partial charge in [0.1, 0.15) is 11.4 Å². The molecule has 1 saturated heterocycles. The Labute approximate surface area is 183 Å². The molecule has 0 amide bonds. The maximum absolute atomic E-state index is 13.0. The number of rotatable bonds is 5. The number of aromatic nitrogens is 3. The van der Waals surface area contributed by atoms with E-state index in [1.165, 1.54) is 0 Å². The fourth-order valence-corrected chi connectivity index (χ4v) is 5.42. The molecule has 0 radical (unpaired) electrons. The molecule has 3 heterocycles. The highest BCUT2D eigenvalue weighted by Crippen LogP contribution is 2.36. The van der Waals surface area contributed by atoms with Crippen LogP contribution in [0.3, 0.4) is 0 Å². The lowest BCUT2D eigenvalue weighted by molar-refractivity contribution is -0.105. The van der Waals surface area contributed by atoms with Crippen molar-refractivity contribution in [2.75, 3.05) is 24.2 Å². The minimum Gasteiger partial charge on any atom is -0.351 e. The molecule has 0 bridgehead atoms. The first-order valence-electron chi connectivity index (χ1n) is 10.8. The van der Waals surface area contributed by atoms with E-state index in [0.717, 1.165) is 36.6 Å². The minimum atomic E-state index is -4.15. The zero-order chi connectivity index (χ0) is 22.2. The van der Waals surface area contributed by atoms with Gasteiger partial charge >= 0.3 is 6.18 Å². The average molecular weight is 456 g/mol. The van der Waals surface area contributed by atoms with Crippen molar-refractivity contribution in [1.82, 2.24) is 18.8 Å². The molecule has 10 heteroatoms. The van der Waals surface area contributed by atoms with E-state index in [1.807, 2.05) is 17.6 Å². The van der Waals surface area contributed by atoms with Gasteiger partial charge in [0.2, 0.25) is 5.95 Å². The average Bonchev–Trinajstić information content (AvgIpc) is 3.14. The van der Waals surface area contributed by atoms with Gasteiger partial charge in [-0.05, 0) is 44.6 Å². The smallest absolute Gasteiger partial charge is 0.351 e. The summed E-state index contributed by atoms with van der Waals surface area (Å²) in [4.78, 5) is 22.1. The topological polar surface area (TPSA) is 63.1 Å². The van der Waals surface area contributed by atoms with Crippen molar-refractivity contribution in [1.29, 1.82) is 0 Å². The van der Waals surface area contributed by atoms with Crippen LogP contribution in [-0.4, -0.2) is 49.9 Å². The summed E-state index contributed by atoms with van der Waals surface area (Å²) in [6, 6.07) is 2.08. The molecule has 2 aromatic heterocycles. The quantitative estimate of drug-likeness (QED) is 0.668. The number of alkyl halides is 3. The molecule has 1 aliphatic carbocycles. The van der Waals surface area contributed by atoms with E-state index in [0.29, 0.717) is 49.0 Å². The molecule has 2 fully saturated rings. The molecule has 1 aliphatic heterocycles. The van der Waals surface area contributed by atoms with Crippen molar-refractivity contribution in [2.45, 2.75) is 64.2 Å². The number of fused-ring (bicyclic) bond motifs is 1. The van der Waals surface area contributed by atoms with Gasteiger partial charge in [0, 0.05) is 42.3 Å². The summed E-state index contributed by atoms with van der Waals surface area (Å²) in [7, 11) is 0. The van der Waals surface area contributed by atoms with Crippen LogP contribution in [0.25, 0.3) is 11.0 Å². The molecular formula is C21H28F3N5OS. The van der Waals surface area contributed by atoms with E-state index in [9.17, 15) is 18.0 Å². The lowest BCUT2D eigenvalue weighted by Crippen LogP contribution is -2.37. The van der Waals surface area contributed by atoms with Gasteiger partial charge in [-0.3, -0.25) is 13.7 Å². The number of piperidine rings is 1. The SMILES string of the molecule is Cc1cc2cnc(NC3CCN(SCC(F)(F)F)CC3)nc2n(C2CCCC2C)c1=O. The van der Waals surface area contributed by atoms with Gasteiger partial charge in [0.05, 0.1) is 0 Å². The number of hydrogen-bond acceptors (Lipinski definition) is 6. The highest BCUT2D eigenvalue weighted by Gasteiger charge is 2.30. The van der Waals surface area contributed by atoms with Crippen molar-refractivity contribution in [3.8, 4) is 0 Å². The summed E-state index contributed by atoms with van der Waals surface area (Å²) in [5, 5.41) is 4.18. The van der Waals surface area contributed by atoms with Gasteiger partial charge in [-0.25, -0.2) is 4.98 Å². The molecule has 0 aromatic carbocycles. The van der Waals surface area contributed by atoms with Crippen LogP contribution in [0, 0.1) is 12.8 Å². The summed E-state index contributed by atoms with van der Waals surface area (Å²) in [6.45, 7) is 5.17. The Hall–Kier alpha value is -1.81. The highest BCUT2D eigenvalue weighted by atomic mass is 32.2. The minimum absolute atomic E-state index is 0.00546. The van der Waals surface area contributed by atoms with E-state index in [1.54, 1.807) is 10.5 Å². The molecule has 2 aromatic rings. The Bertz CT molecular complexity index is 987. The summed E-state index contributed by atoms with van der Waals surface area (Å²) in [6.07, 6.45) is 2.22. The van der Waals surface area contributed by atoms with Gasteiger partial charge < -0.3 is 5.32 Å². The van der Waals surface area contributed by atoms with Crippen molar-refractivity contribution >= 4 is 28.9 Å². The third-order valence-corrected chi connectivity index (χ3v) is 7.48. The second-order valence-electron chi connectivity index (χ2n) is 8.69. The number of anilines is 1. The molecule has 1 N–H and O–H groups in total. The number of hydrogen-bond donors (Lipinski definition) is 1. The van der Waals surface area contributed by atoms with Gasteiger partial charge in [-0.1, -0.05) is 25.3 Å². The van der Waals surface area contributed by atoms with E-state index in [2.05, 4.69) is 17.2 Å². The van der Waals surface area contributed by atoms with E-state index >= 15 is 0 Å². The fourth-order valence-electron chi connectivity index (χ4n) is 4.62. The largest absolute Gasteiger partial charge is 0.399 e. The maximum atomic E-state index is 13.0. The van der Waals surface area contributed by atoms with Crippen molar-refractivity contribution in [3.05, 3.63) is 28.2 Å². The standard InChI is InChI=1S/C21H28F3N5OS/c1-13-4-3-5-17(13)29-18-15(10-14(2)19(29)30)11-25-20(27-18)26-16-6-8-28(9-7-16)31-12-21(22,23)24/h10-11,13,16-17H,3-9,12H2,1-2H3,(H,25,26,27). The Morgan fingerprint density at radius 1 is 1.23 bits per heavy atom. The molecule has 6 nitrogen and oxygen atoms in total. The number of halogens is 3. The van der Waals surface area contributed by atoms with Crippen LogP contribution in [0.2, 0.25) is 0 Å². The molecule has 2 atom stereocenters. The Morgan fingerprint density at radius 2 is 1.97 bits per heavy atom. The monoisotopic (exact) mass is 455 g/mol. The predicted octanol–water partition coefficient (Wildman–Crippen LogP) is 4.55. The zero-order valence-electron chi connectivity index (χ0n) is 17.8. The summed E-state index contributed by atoms with van der Waals surface area (Å²) in [5.74, 6) is 0.0410. The molecular weight excluding hydrogens is 427 g/mol.